The third kappa shape index (κ3) is 3.21. The number of anilines is 2. The lowest BCUT2D eigenvalue weighted by atomic mass is 10.0. The summed E-state index contributed by atoms with van der Waals surface area (Å²) in [6.07, 6.45) is 2.12. The number of rotatable bonds is 3. The standard InChI is InChI=1S/C17H16Cl2N2O/c18-13-7-3-8-14(17(13)19)20-16(22)11-21-10-4-6-12-5-1-2-9-15(12)21/h1-3,5,7-9H,4,6,10-11H2,(H,20,22). The van der Waals surface area contributed by atoms with Crippen molar-refractivity contribution in [1.82, 2.24) is 0 Å². The second-order valence-corrected chi connectivity index (χ2v) is 6.09. The molecule has 1 N–H and O–H groups in total. The van der Waals surface area contributed by atoms with E-state index in [1.807, 2.05) is 12.1 Å². The highest BCUT2D eigenvalue weighted by atomic mass is 35.5. The van der Waals surface area contributed by atoms with Crippen LogP contribution < -0.4 is 10.2 Å². The van der Waals surface area contributed by atoms with E-state index in [4.69, 9.17) is 23.2 Å². The Morgan fingerprint density at radius 3 is 2.82 bits per heavy atom. The van der Waals surface area contributed by atoms with Crippen molar-refractivity contribution in [3.8, 4) is 0 Å². The lowest BCUT2D eigenvalue weighted by Gasteiger charge is -2.30. The Balaban J connectivity index is 1.72. The van der Waals surface area contributed by atoms with Crippen LogP contribution in [-0.4, -0.2) is 19.0 Å². The van der Waals surface area contributed by atoms with Crippen LogP contribution in [0.4, 0.5) is 11.4 Å². The van der Waals surface area contributed by atoms with Crippen LogP contribution in [0.1, 0.15) is 12.0 Å². The number of carbonyl (C=O) groups excluding carboxylic acids is 1. The van der Waals surface area contributed by atoms with E-state index < -0.39 is 0 Å². The first-order valence-corrected chi connectivity index (χ1v) is 7.97. The van der Waals surface area contributed by atoms with Crippen LogP contribution in [0.5, 0.6) is 0 Å². The van der Waals surface area contributed by atoms with Crippen molar-refractivity contribution in [1.29, 1.82) is 0 Å². The highest BCUT2D eigenvalue weighted by Crippen LogP contribution is 2.30. The number of fused-ring (bicyclic) bond motifs is 1. The zero-order valence-corrected chi connectivity index (χ0v) is 13.5. The van der Waals surface area contributed by atoms with Gasteiger partial charge in [-0.1, -0.05) is 47.5 Å². The minimum atomic E-state index is -0.0964. The Labute approximate surface area is 139 Å². The molecule has 0 radical (unpaired) electrons. The fourth-order valence-electron chi connectivity index (χ4n) is 2.74. The Morgan fingerprint density at radius 2 is 1.95 bits per heavy atom. The molecule has 0 bridgehead atoms. The molecule has 3 nitrogen and oxygen atoms in total. The summed E-state index contributed by atoms with van der Waals surface area (Å²) in [5.74, 6) is -0.0964. The molecule has 22 heavy (non-hydrogen) atoms. The Hall–Kier alpha value is -1.71. The molecule has 0 spiro atoms. The highest BCUT2D eigenvalue weighted by Gasteiger charge is 2.19. The molecule has 5 heteroatoms. The van der Waals surface area contributed by atoms with Gasteiger partial charge in [-0.2, -0.15) is 0 Å². The second-order valence-electron chi connectivity index (χ2n) is 5.30. The van der Waals surface area contributed by atoms with Gasteiger partial charge in [-0.3, -0.25) is 4.79 Å². The molecule has 1 aliphatic rings. The highest BCUT2D eigenvalue weighted by molar-refractivity contribution is 6.44. The van der Waals surface area contributed by atoms with Crippen LogP contribution in [0, 0.1) is 0 Å². The van der Waals surface area contributed by atoms with Crippen molar-refractivity contribution in [3.63, 3.8) is 0 Å². The molecule has 1 aliphatic heterocycles. The summed E-state index contributed by atoms with van der Waals surface area (Å²) < 4.78 is 0. The number of benzene rings is 2. The molecule has 0 saturated heterocycles. The van der Waals surface area contributed by atoms with Crippen molar-refractivity contribution in [2.45, 2.75) is 12.8 Å². The number of hydrogen-bond donors (Lipinski definition) is 1. The average Bonchev–Trinajstić information content (AvgIpc) is 2.52. The maximum absolute atomic E-state index is 12.3. The lowest BCUT2D eigenvalue weighted by molar-refractivity contribution is -0.115. The van der Waals surface area contributed by atoms with Gasteiger partial charge >= 0.3 is 0 Å². The van der Waals surface area contributed by atoms with E-state index in [9.17, 15) is 4.79 Å². The van der Waals surface area contributed by atoms with Crippen LogP contribution >= 0.6 is 23.2 Å². The number of hydrogen-bond acceptors (Lipinski definition) is 2. The largest absolute Gasteiger partial charge is 0.362 e. The van der Waals surface area contributed by atoms with Crippen molar-refractivity contribution in [2.75, 3.05) is 23.3 Å². The van der Waals surface area contributed by atoms with Gasteiger partial charge in [0.2, 0.25) is 5.91 Å². The van der Waals surface area contributed by atoms with Gasteiger partial charge < -0.3 is 10.2 Å². The van der Waals surface area contributed by atoms with Crippen LogP contribution in [-0.2, 0) is 11.2 Å². The summed E-state index contributed by atoms with van der Waals surface area (Å²) in [4.78, 5) is 14.4. The molecule has 0 unspecified atom stereocenters. The third-order valence-corrected chi connectivity index (χ3v) is 4.59. The van der Waals surface area contributed by atoms with Gasteiger partial charge in [0.05, 0.1) is 22.3 Å². The minimum Gasteiger partial charge on any atom is -0.362 e. The van der Waals surface area contributed by atoms with Gasteiger partial charge in [-0.15, -0.1) is 0 Å². The lowest BCUT2D eigenvalue weighted by Crippen LogP contribution is -2.36. The van der Waals surface area contributed by atoms with E-state index in [1.165, 1.54) is 5.56 Å². The van der Waals surface area contributed by atoms with Gasteiger partial charge in [-0.05, 0) is 36.6 Å². The van der Waals surface area contributed by atoms with Crippen LogP contribution in [0.3, 0.4) is 0 Å². The molecule has 0 aromatic heterocycles. The molecule has 0 fully saturated rings. The molecule has 0 atom stereocenters. The van der Waals surface area contributed by atoms with E-state index >= 15 is 0 Å². The minimum absolute atomic E-state index is 0.0964. The summed E-state index contributed by atoms with van der Waals surface area (Å²) in [5, 5.41) is 3.64. The van der Waals surface area contributed by atoms with E-state index in [0.717, 1.165) is 25.1 Å². The zero-order chi connectivity index (χ0) is 15.5. The zero-order valence-electron chi connectivity index (χ0n) is 12.0. The van der Waals surface area contributed by atoms with E-state index in [0.29, 0.717) is 22.3 Å². The van der Waals surface area contributed by atoms with Crippen LogP contribution in [0.2, 0.25) is 10.0 Å². The SMILES string of the molecule is O=C(CN1CCCc2ccccc21)Nc1cccc(Cl)c1Cl. The number of halogens is 2. The van der Waals surface area contributed by atoms with Crippen molar-refractivity contribution < 1.29 is 4.79 Å². The normalized spacial score (nSPS) is 13.6. The fraction of sp³-hybridized carbons (Fsp3) is 0.235. The smallest absolute Gasteiger partial charge is 0.243 e. The van der Waals surface area contributed by atoms with Gasteiger partial charge in [0, 0.05) is 12.2 Å². The predicted octanol–water partition coefficient (Wildman–Crippen LogP) is 4.38. The second kappa shape index (κ2) is 6.59. The summed E-state index contributed by atoms with van der Waals surface area (Å²) >= 11 is 12.1. The number of amides is 1. The third-order valence-electron chi connectivity index (χ3n) is 3.77. The molecular formula is C17H16Cl2N2O. The molecule has 1 heterocycles. The Kier molecular flexibility index (Phi) is 4.55. The Morgan fingerprint density at radius 1 is 1.14 bits per heavy atom. The van der Waals surface area contributed by atoms with Gasteiger partial charge in [0.15, 0.2) is 0 Å². The summed E-state index contributed by atoms with van der Waals surface area (Å²) in [6, 6.07) is 13.4. The molecule has 2 aromatic carbocycles. The average molecular weight is 335 g/mol. The Bertz CT molecular complexity index is 703. The summed E-state index contributed by atoms with van der Waals surface area (Å²) in [6.45, 7) is 1.19. The molecular weight excluding hydrogens is 319 g/mol. The first-order valence-electron chi connectivity index (χ1n) is 7.22. The predicted molar refractivity (Wildman–Crippen MR) is 92.1 cm³/mol. The van der Waals surface area contributed by atoms with Gasteiger partial charge in [0.1, 0.15) is 0 Å². The summed E-state index contributed by atoms with van der Waals surface area (Å²) in [5.41, 5.74) is 2.98. The first-order chi connectivity index (χ1) is 10.6. The maximum atomic E-state index is 12.3. The van der Waals surface area contributed by atoms with Crippen molar-refractivity contribution in [2.24, 2.45) is 0 Å². The summed E-state index contributed by atoms with van der Waals surface area (Å²) in [7, 11) is 0. The van der Waals surface area contributed by atoms with E-state index in [-0.39, 0.29) is 5.91 Å². The molecule has 3 rings (SSSR count). The van der Waals surface area contributed by atoms with Gasteiger partial charge in [-0.25, -0.2) is 0 Å². The number of carbonyl (C=O) groups is 1. The topological polar surface area (TPSA) is 32.3 Å². The maximum Gasteiger partial charge on any atom is 0.243 e. The number of para-hydroxylation sites is 1. The number of nitrogens with zero attached hydrogens (tertiary/aromatic N) is 1. The van der Waals surface area contributed by atoms with Crippen LogP contribution in [0.15, 0.2) is 42.5 Å². The number of aryl methyl sites for hydroxylation is 1. The van der Waals surface area contributed by atoms with Crippen molar-refractivity contribution in [3.05, 3.63) is 58.1 Å². The first kappa shape index (κ1) is 15.2. The number of nitrogens with one attached hydrogen (secondary N) is 1. The molecule has 0 aliphatic carbocycles. The van der Waals surface area contributed by atoms with Crippen LogP contribution in [0.25, 0.3) is 0 Å². The van der Waals surface area contributed by atoms with Crippen molar-refractivity contribution >= 4 is 40.5 Å². The molecule has 0 saturated carbocycles. The van der Waals surface area contributed by atoms with Gasteiger partial charge in [0.25, 0.3) is 0 Å². The quantitative estimate of drug-likeness (QED) is 0.902. The fourth-order valence-corrected chi connectivity index (χ4v) is 3.09. The molecule has 114 valence electrons. The van der Waals surface area contributed by atoms with E-state index in [2.05, 4.69) is 22.3 Å². The molecule has 2 aromatic rings. The monoisotopic (exact) mass is 334 g/mol. The molecule has 1 amide bonds. The van der Waals surface area contributed by atoms with E-state index in [1.54, 1.807) is 18.2 Å².